The number of oxazole rings is 1. The summed E-state index contributed by atoms with van der Waals surface area (Å²) in [6.45, 7) is 6.49. The number of nitrogens with one attached hydrogen (secondary N) is 1. The van der Waals surface area contributed by atoms with Gasteiger partial charge in [-0.3, -0.25) is 0 Å². The molecule has 0 saturated carbocycles. The van der Waals surface area contributed by atoms with E-state index < -0.39 is 0 Å². The average molecular weight is 214 g/mol. The van der Waals surface area contributed by atoms with Crippen LogP contribution in [0.5, 0.6) is 0 Å². The summed E-state index contributed by atoms with van der Waals surface area (Å²) >= 11 is 1.67. The van der Waals surface area contributed by atoms with Gasteiger partial charge in [-0.1, -0.05) is 32.0 Å². The molecule has 1 rings (SSSR count). The molecule has 0 spiro atoms. The molecule has 0 bridgehead atoms. The summed E-state index contributed by atoms with van der Waals surface area (Å²) < 4.78 is 5.16. The van der Waals surface area contributed by atoms with Gasteiger partial charge < -0.3 is 9.73 Å². The second kappa shape index (κ2) is 6.90. The van der Waals surface area contributed by atoms with Crippen LogP contribution in [0.25, 0.3) is 0 Å². The first-order chi connectivity index (χ1) is 6.83. The first-order valence-corrected chi connectivity index (χ1v) is 5.97. The van der Waals surface area contributed by atoms with E-state index in [2.05, 4.69) is 24.1 Å². The number of hydrogen-bond donors (Lipinski definition) is 1. The third-order valence-electron chi connectivity index (χ3n) is 1.85. The lowest BCUT2D eigenvalue weighted by atomic mass is 10.3. The van der Waals surface area contributed by atoms with Crippen molar-refractivity contribution in [1.29, 1.82) is 0 Å². The minimum atomic E-state index is 0.505. The molecule has 0 aliphatic rings. The van der Waals surface area contributed by atoms with Gasteiger partial charge in [-0.25, -0.2) is 4.98 Å². The van der Waals surface area contributed by atoms with E-state index in [1.165, 1.54) is 12.8 Å². The van der Waals surface area contributed by atoms with Crippen molar-refractivity contribution in [3.8, 4) is 0 Å². The summed E-state index contributed by atoms with van der Waals surface area (Å²) in [5, 5.41) is 4.67. The standard InChI is InChI=1S/C10H18N2OS/c1-3-4-5-11-8-9(2)14-10-12-6-7-13-10/h6-7,9,11H,3-5,8H2,1-2H3. The van der Waals surface area contributed by atoms with E-state index in [4.69, 9.17) is 4.42 Å². The minimum absolute atomic E-state index is 0.505. The van der Waals surface area contributed by atoms with Crippen molar-refractivity contribution >= 4 is 11.8 Å². The fourth-order valence-corrected chi connectivity index (χ4v) is 1.87. The molecular weight excluding hydrogens is 196 g/mol. The largest absolute Gasteiger partial charge is 0.440 e. The summed E-state index contributed by atoms with van der Waals surface area (Å²) in [6, 6.07) is 0. The molecule has 0 aliphatic heterocycles. The van der Waals surface area contributed by atoms with E-state index in [-0.39, 0.29) is 0 Å². The lowest BCUT2D eigenvalue weighted by molar-refractivity contribution is 0.453. The Kier molecular flexibility index (Phi) is 5.71. The normalized spacial score (nSPS) is 13.0. The van der Waals surface area contributed by atoms with E-state index in [0.717, 1.165) is 18.3 Å². The van der Waals surface area contributed by atoms with E-state index >= 15 is 0 Å². The minimum Gasteiger partial charge on any atom is -0.440 e. The SMILES string of the molecule is CCCCNCC(C)Sc1ncco1. The van der Waals surface area contributed by atoms with Crippen LogP contribution in [0.2, 0.25) is 0 Å². The number of aromatic nitrogens is 1. The van der Waals surface area contributed by atoms with Crippen LogP contribution in [0, 0.1) is 0 Å². The van der Waals surface area contributed by atoms with Gasteiger partial charge in [-0.05, 0) is 13.0 Å². The Bertz CT molecular complexity index is 226. The Hall–Kier alpha value is -0.480. The van der Waals surface area contributed by atoms with Gasteiger partial charge >= 0.3 is 0 Å². The van der Waals surface area contributed by atoms with Gasteiger partial charge in [-0.2, -0.15) is 0 Å². The maximum absolute atomic E-state index is 5.16. The van der Waals surface area contributed by atoms with Crippen LogP contribution >= 0.6 is 11.8 Å². The van der Waals surface area contributed by atoms with E-state index in [9.17, 15) is 0 Å². The smallest absolute Gasteiger partial charge is 0.255 e. The van der Waals surface area contributed by atoms with Crippen LogP contribution in [0.3, 0.4) is 0 Å². The van der Waals surface area contributed by atoms with E-state index in [0.29, 0.717) is 5.25 Å². The summed E-state index contributed by atoms with van der Waals surface area (Å²) in [4.78, 5) is 4.07. The summed E-state index contributed by atoms with van der Waals surface area (Å²) in [5.41, 5.74) is 0. The highest BCUT2D eigenvalue weighted by atomic mass is 32.2. The fourth-order valence-electron chi connectivity index (χ4n) is 1.09. The Balaban J connectivity index is 2.07. The number of unbranched alkanes of at least 4 members (excludes halogenated alkanes) is 1. The first kappa shape index (κ1) is 11.6. The molecule has 4 heteroatoms. The summed E-state index contributed by atoms with van der Waals surface area (Å²) in [5.74, 6) is 0. The lowest BCUT2D eigenvalue weighted by Gasteiger charge is -2.09. The van der Waals surface area contributed by atoms with E-state index in [1.807, 2.05) is 0 Å². The highest BCUT2D eigenvalue weighted by molar-refractivity contribution is 7.99. The monoisotopic (exact) mass is 214 g/mol. The molecule has 0 amide bonds. The Labute approximate surface area is 89.7 Å². The number of thioether (sulfide) groups is 1. The van der Waals surface area contributed by atoms with Crippen molar-refractivity contribution in [2.75, 3.05) is 13.1 Å². The molecule has 14 heavy (non-hydrogen) atoms. The van der Waals surface area contributed by atoms with Crippen molar-refractivity contribution < 1.29 is 4.42 Å². The predicted octanol–water partition coefficient (Wildman–Crippen LogP) is 2.54. The van der Waals surface area contributed by atoms with Gasteiger partial charge in [0.05, 0.1) is 6.20 Å². The van der Waals surface area contributed by atoms with Crippen molar-refractivity contribution in [2.24, 2.45) is 0 Å². The highest BCUT2D eigenvalue weighted by Crippen LogP contribution is 2.19. The molecule has 3 nitrogen and oxygen atoms in total. The Morgan fingerprint density at radius 3 is 3.14 bits per heavy atom. The quantitative estimate of drug-likeness (QED) is 0.559. The topological polar surface area (TPSA) is 38.1 Å². The molecule has 1 unspecified atom stereocenters. The first-order valence-electron chi connectivity index (χ1n) is 5.09. The van der Waals surface area contributed by atoms with E-state index in [1.54, 1.807) is 24.2 Å². The summed E-state index contributed by atoms with van der Waals surface area (Å²) in [7, 11) is 0. The molecular formula is C10H18N2OS. The highest BCUT2D eigenvalue weighted by Gasteiger charge is 2.06. The molecule has 0 aliphatic carbocycles. The molecule has 1 heterocycles. The average Bonchev–Trinajstić information content (AvgIpc) is 2.65. The molecule has 1 N–H and O–H groups in total. The molecule has 0 saturated heterocycles. The molecule has 0 radical (unpaired) electrons. The predicted molar refractivity (Wildman–Crippen MR) is 59.6 cm³/mol. The number of rotatable bonds is 7. The zero-order chi connectivity index (χ0) is 10.2. The second-order valence-corrected chi connectivity index (χ2v) is 4.67. The van der Waals surface area contributed by atoms with Crippen molar-refractivity contribution in [3.63, 3.8) is 0 Å². The Morgan fingerprint density at radius 2 is 2.50 bits per heavy atom. The summed E-state index contributed by atoms with van der Waals surface area (Å²) in [6.07, 6.45) is 5.78. The lowest BCUT2D eigenvalue weighted by Crippen LogP contribution is -2.23. The molecule has 80 valence electrons. The van der Waals surface area contributed by atoms with Gasteiger partial charge in [-0.15, -0.1) is 0 Å². The third-order valence-corrected chi connectivity index (χ3v) is 2.82. The zero-order valence-corrected chi connectivity index (χ0v) is 9.64. The van der Waals surface area contributed by atoms with Crippen LogP contribution in [0.1, 0.15) is 26.7 Å². The van der Waals surface area contributed by atoms with Gasteiger partial charge in [0, 0.05) is 11.8 Å². The fraction of sp³-hybridized carbons (Fsp3) is 0.700. The Morgan fingerprint density at radius 1 is 1.64 bits per heavy atom. The van der Waals surface area contributed by atoms with Crippen LogP contribution in [0.4, 0.5) is 0 Å². The molecule has 0 aromatic carbocycles. The molecule has 1 aromatic heterocycles. The maximum atomic E-state index is 5.16. The third kappa shape index (κ3) is 4.67. The van der Waals surface area contributed by atoms with Crippen molar-refractivity contribution in [2.45, 2.75) is 37.2 Å². The van der Waals surface area contributed by atoms with Gasteiger partial charge in [0.1, 0.15) is 6.26 Å². The zero-order valence-electron chi connectivity index (χ0n) is 8.82. The molecule has 1 aromatic rings. The van der Waals surface area contributed by atoms with Crippen LogP contribution in [-0.4, -0.2) is 23.3 Å². The van der Waals surface area contributed by atoms with Gasteiger partial charge in [0.15, 0.2) is 0 Å². The maximum Gasteiger partial charge on any atom is 0.255 e. The molecule has 1 atom stereocenters. The van der Waals surface area contributed by atoms with Crippen LogP contribution < -0.4 is 5.32 Å². The molecule has 0 fully saturated rings. The van der Waals surface area contributed by atoms with Gasteiger partial charge in [0.25, 0.3) is 5.22 Å². The number of hydrogen-bond acceptors (Lipinski definition) is 4. The van der Waals surface area contributed by atoms with Crippen molar-refractivity contribution in [3.05, 3.63) is 12.5 Å². The van der Waals surface area contributed by atoms with Gasteiger partial charge in [0.2, 0.25) is 0 Å². The van der Waals surface area contributed by atoms with Crippen LogP contribution in [0.15, 0.2) is 22.1 Å². The number of nitrogens with zero attached hydrogens (tertiary/aromatic N) is 1. The second-order valence-electron chi connectivity index (χ2n) is 3.28. The van der Waals surface area contributed by atoms with Crippen molar-refractivity contribution in [1.82, 2.24) is 10.3 Å². The van der Waals surface area contributed by atoms with Crippen LogP contribution in [-0.2, 0) is 0 Å².